The minimum Gasteiger partial charge on any atom is -0.382 e. The molecule has 0 spiro atoms. The van der Waals surface area contributed by atoms with Crippen LogP contribution in [-0.2, 0) is 9.59 Å². The van der Waals surface area contributed by atoms with Crippen LogP contribution in [0, 0.1) is 5.92 Å². The predicted octanol–water partition coefficient (Wildman–Crippen LogP) is 3.63. The zero-order valence-electron chi connectivity index (χ0n) is 15.1. The number of nitrogens with one attached hydrogen (secondary N) is 2. The fourth-order valence-electron chi connectivity index (χ4n) is 3.29. The SMILES string of the molecule is CC(CC(=O)N1CCCCCC1)Nc1ccc(NC(=O)C2CC2)cc1. The van der Waals surface area contributed by atoms with Crippen LogP contribution in [0.3, 0.4) is 0 Å². The first-order chi connectivity index (χ1) is 12.1. The topological polar surface area (TPSA) is 61.4 Å². The van der Waals surface area contributed by atoms with Gasteiger partial charge in [-0.05, 0) is 56.9 Å². The monoisotopic (exact) mass is 343 g/mol. The maximum absolute atomic E-state index is 12.4. The van der Waals surface area contributed by atoms with E-state index in [0.29, 0.717) is 6.42 Å². The van der Waals surface area contributed by atoms with E-state index in [0.717, 1.165) is 50.1 Å². The first-order valence-corrected chi connectivity index (χ1v) is 9.57. The van der Waals surface area contributed by atoms with Crippen LogP contribution in [-0.4, -0.2) is 35.8 Å². The molecule has 2 aliphatic rings. The van der Waals surface area contributed by atoms with Gasteiger partial charge in [-0.2, -0.15) is 0 Å². The zero-order chi connectivity index (χ0) is 17.6. The van der Waals surface area contributed by atoms with Crippen molar-refractivity contribution in [2.45, 2.75) is 57.9 Å². The second-order valence-electron chi connectivity index (χ2n) is 7.39. The van der Waals surface area contributed by atoms with Gasteiger partial charge in [0, 0.05) is 42.8 Å². The van der Waals surface area contributed by atoms with E-state index in [-0.39, 0.29) is 23.8 Å². The summed E-state index contributed by atoms with van der Waals surface area (Å²) in [5, 5.41) is 6.32. The highest BCUT2D eigenvalue weighted by Crippen LogP contribution is 2.30. The van der Waals surface area contributed by atoms with Crippen LogP contribution in [0.2, 0.25) is 0 Å². The second kappa shape index (κ2) is 8.37. The summed E-state index contributed by atoms with van der Waals surface area (Å²) in [5.41, 5.74) is 1.80. The lowest BCUT2D eigenvalue weighted by atomic mass is 10.2. The van der Waals surface area contributed by atoms with Gasteiger partial charge in [0.25, 0.3) is 0 Å². The molecular weight excluding hydrogens is 314 g/mol. The van der Waals surface area contributed by atoms with Gasteiger partial charge in [0.1, 0.15) is 0 Å². The molecule has 3 rings (SSSR count). The molecule has 1 saturated carbocycles. The minimum absolute atomic E-state index is 0.0858. The highest BCUT2D eigenvalue weighted by Gasteiger charge is 2.29. The van der Waals surface area contributed by atoms with Crippen molar-refractivity contribution in [1.29, 1.82) is 0 Å². The maximum Gasteiger partial charge on any atom is 0.227 e. The Bertz CT molecular complexity index is 587. The van der Waals surface area contributed by atoms with Crippen LogP contribution >= 0.6 is 0 Å². The molecule has 25 heavy (non-hydrogen) atoms. The summed E-state index contributed by atoms with van der Waals surface area (Å²) >= 11 is 0. The number of rotatable bonds is 6. The van der Waals surface area contributed by atoms with E-state index >= 15 is 0 Å². The van der Waals surface area contributed by atoms with E-state index in [9.17, 15) is 9.59 Å². The molecule has 1 aromatic rings. The third-order valence-electron chi connectivity index (χ3n) is 4.95. The number of carbonyl (C=O) groups is 2. The molecule has 0 radical (unpaired) electrons. The summed E-state index contributed by atoms with van der Waals surface area (Å²) in [6, 6.07) is 7.81. The number of carbonyl (C=O) groups excluding carboxylic acids is 2. The first-order valence-electron chi connectivity index (χ1n) is 9.57. The third-order valence-corrected chi connectivity index (χ3v) is 4.95. The van der Waals surface area contributed by atoms with Gasteiger partial charge in [-0.25, -0.2) is 0 Å². The smallest absolute Gasteiger partial charge is 0.227 e. The number of amides is 2. The van der Waals surface area contributed by atoms with E-state index in [1.807, 2.05) is 36.1 Å². The highest BCUT2D eigenvalue weighted by atomic mass is 16.2. The van der Waals surface area contributed by atoms with Gasteiger partial charge < -0.3 is 15.5 Å². The van der Waals surface area contributed by atoms with Crippen molar-refractivity contribution in [3.05, 3.63) is 24.3 Å². The lowest BCUT2D eigenvalue weighted by Crippen LogP contribution is -2.35. The Morgan fingerprint density at radius 1 is 1.04 bits per heavy atom. The standard InChI is InChI=1S/C20H29N3O2/c1-15(14-19(24)23-12-4-2-3-5-13-23)21-17-8-10-18(11-9-17)22-20(25)16-6-7-16/h8-11,15-16,21H,2-7,12-14H2,1H3,(H,22,25). The quantitative estimate of drug-likeness (QED) is 0.829. The number of hydrogen-bond donors (Lipinski definition) is 2. The van der Waals surface area contributed by atoms with Crippen molar-refractivity contribution in [2.75, 3.05) is 23.7 Å². The van der Waals surface area contributed by atoms with Gasteiger partial charge in [-0.15, -0.1) is 0 Å². The van der Waals surface area contributed by atoms with E-state index in [4.69, 9.17) is 0 Å². The van der Waals surface area contributed by atoms with Gasteiger partial charge in [0.2, 0.25) is 11.8 Å². The summed E-state index contributed by atoms with van der Waals surface area (Å²) in [4.78, 5) is 26.2. The summed E-state index contributed by atoms with van der Waals surface area (Å²) in [6.07, 6.45) is 7.26. The van der Waals surface area contributed by atoms with Gasteiger partial charge >= 0.3 is 0 Å². The molecule has 2 fully saturated rings. The molecule has 1 atom stereocenters. The molecule has 1 unspecified atom stereocenters. The molecule has 1 heterocycles. The first kappa shape index (κ1) is 17.8. The molecule has 1 aromatic carbocycles. The fourth-order valence-corrected chi connectivity index (χ4v) is 3.29. The largest absolute Gasteiger partial charge is 0.382 e. The molecule has 1 aliphatic carbocycles. The fraction of sp³-hybridized carbons (Fsp3) is 0.600. The Morgan fingerprint density at radius 3 is 2.24 bits per heavy atom. The van der Waals surface area contributed by atoms with Gasteiger partial charge in [0.05, 0.1) is 0 Å². The Hall–Kier alpha value is -2.04. The minimum atomic E-state index is 0.0858. The molecule has 1 saturated heterocycles. The summed E-state index contributed by atoms with van der Waals surface area (Å²) in [7, 11) is 0. The van der Waals surface area contributed by atoms with Crippen LogP contribution in [0.4, 0.5) is 11.4 Å². The molecule has 0 bridgehead atoms. The van der Waals surface area contributed by atoms with Crippen LogP contribution < -0.4 is 10.6 Å². The second-order valence-corrected chi connectivity index (χ2v) is 7.39. The maximum atomic E-state index is 12.4. The van der Waals surface area contributed by atoms with Gasteiger partial charge in [0.15, 0.2) is 0 Å². The molecular formula is C20H29N3O2. The van der Waals surface area contributed by atoms with Crippen LogP contribution in [0.25, 0.3) is 0 Å². The Labute approximate surface area is 150 Å². The molecule has 2 N–H and O–H groups in total. The lowest BCUT2D eigenvalue weighted by Gasteiger charge is -2.23. The summed E-state index contributed by atoms with van der Waals surface area (Å²) in [5.74, 6) is 0.579. The Kier molecular flexibility index (Phi) is 5.95. The third kappa shape index (κ3) is 5.48. The van der Waals surface area contributed by atoms with E-state index in [2.05, 4.69) is 10.6 Å². The molecule has 5 heteroatoms. The van der Waals surface area contributed by atoms with Crippen LogP contribution in [0.5, 0.6) is 0 Å². The number of benzene rings is 1. The lowest BCUT2D eigenvalue weighted by molar-refractivity contribution is -0.131. The zero-order valence-corrected chi connectivity index (χ0v) is 15.1. The number of nitrogens with zero attached hydrogens (tertiary/aromatic N) is 1. The van der Waals surface area contributed by atoms with Crippen LogP contribution in [0.15, 0.2) is 24.3 Å². The number of likely N-dealkylation sites (tertiary alicyclic amines) is 1. The van der Waals surface area contributed by atoms with Gasteiger partial charge in [-0.3, -0.25) is 9.59 Å². The number of hydrogen-bond acceptors (Lipinski definition) is 3. The van der Waals surface area contributed by atoms with Crippen molar-refractivity contribution in [3.8, 4) is 0 Å². The summed E-state index contributed by atoms with van der Waals surface area (Å²) in [6.45, 7) is 3.85. The van der Waals surface area contributed by atoms with Crippen molar-refractivity contribution in [3.63, 3.8) is 0 Å². The average molecular weight is 343 g/mol. The van der Waals surface area contributed by atoms with E-state index < -0.39 is 0 Å². The molecule has 2 amide bonds. The predicted molar refractivity (Wildman–Crippen MR) is 101 cm³/mol. The molecule has 5 nitrogen and oxygen atoms in total. The van der Waals surface area contributed by atoms with Crippen molar-refractivity contribution < 1.29 is 9.59 Å². The molecule has 136 valence electrons. The molecule has 0 aromatic heterocycles. The Balaban J connectivity index is 1.45. The normalized spacial score (nSPS) is 19.0. The highest BCUT2D eigenvalue weighted by molar-refractivity contribution is 5.94. The molecule has 1 aliphatic heterocycles. The Morgan fingerprint density at radius 2 is 1.64 bits per heavy atom. The van der Waals surface area contributed by atoms with Crippen molar-refractivity contribution in [2.24, 2.45) is 5.92 Å². The van der Waals surface area contributed by atoms with E-state index in [1.54, 1.807) is 0 Å². The van der Waals surface area contributed by atoms with Crippen molar-refractivity contribution >= 4 is 23.2 Å². The van der Waals surface area contributed by atoms with Crippen molar-refractivity contribution in [1.82, 2.24) is 4.90 Å². The van der Waals surface area contributed by atoms with E-state index in [1.165, 1.54) is 12.8 Å². The van der Waals surface area contributed by atoms with Crippen LogP contribution in [0.1, 0.15) is 51.9 Å². The average Bonchev–Trinajstić information content (AvgIpc) is 3.43. The summed E-state index contributed by atoms with van der Waals surface area (Å²) < 4.78 is 0. The number of anilines is 2. The van der Waals surface area contributed by atoms with Gasteiger partial charge in [-0.1, -0.05) is 12.8 Å².